The van der Waals surface area contributed by atoms with E-state index in [9.17, 15) is 13.2 Å². The largest absolute Gasteiger partial charge is 0.493 e. The Morgan fingerprint density at radius 2 is 2.05 bits per heavy atom. The smallest absolute Gasteiger partial charge is 0.161 e. The molecule has 1 saturated heterocycles. The van der Waals surface area contributed by atoms with Gasteiger partial charge in [0, 0.05) is 6.42 Å². The van der Waals surface area contributed by atoms with Gasteiger partial charge in [-0.15, -0.1) is 0 Å². The lowest BCUT2D eigenvalue weighted by Gasteiger charge is -2.27. The molecule has 0 aliphatic carbocycles. The van der Waals surface area contributed by atoms with E-state index in [4.69, 9.17) is 9.47 Å². The fourth-order valence-electron chi connectivity index (χ4n) is 1.96. The summed E-state index contributed by atoms with van der Waals surface area (Å²) in [5.41, 5.74) is 0.963. The number of carbonyl (C=O) groups excluding carboxylic acids is 1. The molecule has 1 heterocycles. The van der Waals surface area contributed by atoms with E-state index in [1.54, 1.807) is 12.1 Å². The Kier molecular flexibility index (Phi) is 4.09. The molecule has 0 atom stereocenters. The lowest BCUT2D eigenvalue weighted by atomic mass is 10.1. The molecule has 0 saturated carbocycles. The molecule has 1 aromatic carbocycles. The summed E-state index contributed by atoms with van der Waals surface area (Å²) < 4.78 is 33.0. The molecule has 19 heavy (non-hydrogen) atoms. The number of benzene rings is 1. The van der Waals surface area contributed by atoms with Gasteiger partial charge in [0.2, 0.25) is 0 Å². The predicted molar refractivity (Wildman–Crippen MR) is 70.4 cm³/mol. The minimum absolute atomic E-state index is 0.0503. The van der Waals surface area contributed by atoms with E-state index in [0.717, 1.165) is 11.8 Å². The predicted octanol–water partition coefficient (Wildman–Crippen LogP) is 1.00. The number of ether oxygens (including phenoxy) is 2. The summed E-state index contributed by atoms with van der Waals surface area (Å²) in [6, 6.07) is 5.43. The maximum absolute atomic E-state index is 11.1. The van der Waals surface area contributed by atoms with Crippen molar-refractivity contribution >= 4 is 16.1 Å². The van der Waals surface area contributed by atoms with Gasteiger partial charge in [-0.2, -0.15) is 0 Å². The molecule has 0 unspecified atom stereocenters. The molecule has 1 aliphatic heterocycles. The average molecular weight is 284 g/mol. The molecule has 1 fully saturated rings. The number of carbonyl (C=O) groups is 1. The summed E-state index contributed by atoms with van der Waals surface area (Å²) in [4.78, 5) is 10.4. The molecule has 0 aromatic heterocycles. The van der Waals surface area contributed by atoms with Crippen molar-refractivity contribution in [3.8, 4) is 11.5 Å². The van der Waals surface area contributed by atoms with Crippen LogP contribution in [0.4, 0.5) is 0 Å². The van der Waals surface area contributed by atoms with Crippen LogP contribution in [0, 0.1) is 0 Å². The maximum Gasteiger partial charge on any atom is 0.161 e. The average Bonchev–Trinajstić information content (AvgIpc) is 2.34. The summed E-state index contributed by atoms with van der Waals surface area (Å²) in [6.45, 7) is 0. The first-order chi connectivity index (χ1) is 9.04. The highest BCUT2D eigenvalue weighted by atomic mass is 32.2. The fourth-order valence-corrected chi connectivity index (χ4v) is 3.13. The minimum Gasteiger partial charge on any atom is -0.493 e. The molecule has 0 radical (unpaired) electrons. The highest BCUT2D eigenvalue weighted by Gasteiger charge is 2.35. The van der Waals surface area contributed by atoms with Crippen molar-refractivity contribution in [2.45, 2.75) is 18.9 Å². The first kappa shape index (κ1) is 13.9. The Balaban J connectivity index is 2.10. The zero-order chi connectivity index (χ0) is 13.9. The van der Waals surface area contributed by atoms with E-state index in [2.05, 4.69) is 0 Å². The summed E-state index contributed by atoms with van der Waals surface area (Å²) >= 11 is 0. The van der Waals surface area contributed by atoms with E-state index in [1.807, 2.05) is 6.07 Å². The third kappa shape index (κ3) is 3.47. The van der Waals surface area contributed by atoms with Crippen LogP contribution in [0.5, 0.6) is 11.5 Å². The molecule has 0 bridgehead atoms. The highest BCUT2D eigenvalue weighted by molar-refractivity contribution is 7.92. The molecule has 0 amide bonds. The third-order valence-corrected chi connectivity index (χ3v) is 4.71. The SMILES string of the molecule is COc1ccc(CCC=O)cc1OC1CS(=O)(=O)C1. The monoisotopic (exact) mass is 284 g/mol. The molecule has 0 spiro atoms. The first-order valence-electron chi connectivity index (χ1n) is 6.01. The molecular weight excluding hydrogens is 268 g/mol. The van der Waals surface area contributed by atoms with E-state index in [0.29, 0.717) is 24.3 Å². The van der Waals surface area contributed by atoms with Gasteiger partial charge in [-0.1, -0.05) is 6.07 Å². The summed E-state index contributed by atoms with van der Waals surface area (Å²) in [7, 11) is -1.37. The Bertz CT molecular complexity index is 552. The number of aldehydes is 1. The van der Waals surface area contributed by atoms with Crippen molar-refractivity contribution in [1.29, 1.82) is 0 Å². The van der Waals surface area contributed by atoms with Gasteiger partial charge in [-0.05, 0) is 24.1 Å². The van der Waals surface area contributed by atoms with Gasteiger partial charge in [0.15, 0.2) is 21.3 Å². The van der Waals surface area contributed by atoms with Crippen molar-refractivity contribution in [2.24, 2.45) is 0 Å². The second-order valence-electron chi connectivity index (χ2n) is 4.51. The van der Waals surface area contributed by atoms with Crippen LogP contribution in [0.2, 0.25) is 0 Å². The first-order valence-corrected chi connectivity index (χ1v) is 7.84. The number of hydrogen-bond donors (Lipinski definition) is 0. The summed E-state index contributed by atoms with van der Waals surface area (Å²) in [5.74, 6) is 1.20. The van der Waals surface area contributed by atoms with E-state index in [1.165, 1.54) is 7.11 Å². The minimum atomic E-state index is -2.91. The quantitative estimate of drug-likeness (QED) is 0.729. The van der Waals surface area contributed by atoms with Crippen molar-refractivity contribution in [2.75, 3.05) is 18.6 Å². The van der Waals surface area contributed by atoms with E-state index in [-0.39, 0.29) is 17.6 Å². The maximum atomic E-state index is 11.1. The second-order valence-corrected chi connectivity index (χ2v) is 6.66. The van der Waals surface area contributed by atoms with Gasteiger partial charge in [-0.25, -0.2) is 8.42 Å². The van der Waals surface area contributed by atoms with E-state index >= 15 is 0 Å². The van der Waals surface area contributed by atoms with Gasteiger partial charge in [0.05, 0.1) is 18.6 Å². The van der Waals surface area contributed by atoms with Crippen molar-refractivity contribution < 1.29 is 22.7 Å². The molecule has 2 rings (SSSR count). The van der Waals surface area contributed by atoms with Crippen LogP contribution in [0.25, 0.3) is 0 Å². The molecule has 104 valence electrons. The molecule has 6 heteroatoms. The van der Waals surface area contributed by atoms with E-state index < -0.39 is 9.84 Å². The number of sulfone groups is 1. The highest BCUT2D eigenvalue weighted by Crippen LogP contribution is 2.31. The Hall–Kier alpha value is -1.56. The number of aryl methyl sites for hydroxylation is 1. The van der Waals surface area contributed by atoms with Crippen LogP contribution < -0.4 is 9.47 Å². The Morgan fingerprint density at radius 3 is 2.63 bits per heavy atom. The topological polar surface area (TPSA) is 69.7 Å². The van der Waals surface area contributed by atoms with Crippen molar-refractivity contribution in [3.05, 3.63) is 23.8 Å². The van der Waals surface area contributed by atoms with Crippen LogP contribution in [0.15, 0.2) is 18.2 Å². The molecular formula is C13H16O5S. The summed E-state index contributed by atoms with van der Waals surface area (Å²) in [5, 5.41) is 0. The lowest BCUT2D eigenvalue weighted by molar-refractivity contribution is -0.107. The van der Waals surface area contributed by atoms with Gasteiger partial charge in [0.25, 0.3) is 0 Å². The summed E-state index contributed by atoms with van der Waals surface area (Å²) in [6.07, 6.45) is 1.64. The third-order valence-electron chi connectivity index (χ3n) is 2.95. The lowest BCUT2D eigenvalue weighted by Crippen LogP contribution is -2.45. The van der Waals surface area contributed by atoms with Crippen LogP contribution in [0.1, 0.15) is 12.0 Å². The number of rotatable bonds is 6. The zero-order valence-corrected chi connectivity index (χ0v) is 11.5. The van der Waals surface area contributed by atoms with Gasteiger partial charge in [0.1, 0.15) is 12.4 Å². The number of methoxy groups -OCH3 is 1. The van der Waals surface area contributed by atoms with Gasteiger partial charge < -0.3 is 14.3 Å². The molecule has 1 aromatic rings. The van der Waals surface area contributed by atoms with Crippen molar-refractivity contribution in [3.63, 3.8) is 0 Å². The Labute approximate surface area is 112 Å². The van der Waals surface area contributed by atoms with Crippen LogP contribution >= 0.6 is 0 Å². The normalized spacial score (nSPS) is 17.5. The molecule has 0 N–H and O–H groups in total. The Morgan fingerprint density at radius 1 is 1.32 bits per heavy atom. The van der Waals surface area contributed by atoms with Gasteiger partial charge in [-0.3, -0.25) is 0 Å². The van der Waals surface area contributed by atoms with Crippen molar-refractivity contribution in [1.82, 2.24) is 0 Å². The van der Waals surface area contributed by atoms with Crippen LogP contribution in [0.3, 0.4) is 0 Å². The number of hydrogen-bond acceptors (Lipinski definition) is 5. The van der Waals surface area contributed by atoms with Crippen LogP contribution in [-0.4, -0.2) is 39.4 Å². The zero-order valence-electron chi connectivity index (χ0n) is 10.7. The fraction of sp³-hybridized carbons (Fsp3) is 0.462. The van der Waals surface area contributed by atoms with Gasteiger partial charge >= 0.3 is 0 Å². The molecule has 1 aliphatic rings. The standard InChI is InChI=1S/C13H16O5S/c1-17-12-5-4-10(3-2-6-14)7-13(12)18-11-8-19(15,16)9-11/h4-7,11H,2-3,8-9H2,1H3. The molecule has 5 nitrogen and oxygen atoms in total. The second kappa shape index (κ2) is 5.61. The van der Waals surface area contributed by atoms with Crippen LogP contribution in [-0.2, 0) is 21.1 Å².